The quantitative estimate of drug-likeness (QED) is 0.870. The van der Waals surface area contributed by atoms with Crippen LogP contribution in [0.1, 0.15) is 36.5 Å². The second-order valence-electron chi connectivity index (χ2n) is 5.52. The van der Waals surface area contributed by atoms with E-state index >= 15 is 0 Å². The third-order valence-electron chi connectivity index (χ3n) is 4.16. The van der Waals surface area contributed by atoms with Gasteiger partial charge in [-0.25, -0.2) is 4.79 Å². The number of carboxylic acid groups (broad SMARTS) is 1. The van der Waals surface area contributed by atoms with Crippen LogP contribution in [0.5, 0.6) is 0 Å². The number of rotatable bonds is 2. The standard InChI is InChI=1S/C14H16N4O3/c1-14(13(20)21)6-2-3-7-18(14)12(19)9-4-5-10-11(8-9)16-17-15-10/h4-5,8H,2-3,6-7H2,1H3,(H,20,21)(H,15,16,17). The Morgan fingerprint density at radius 1 is 1.29 bits per heavy atom. The van der Waals surface area contributed by atoms with Crippen molar-refractivity contribution in [2.24, 2.45) is 0 Å². The van der Waals surface area contributed by atoms with E-state index in [1.165, 1.54) is 4.90 Å². The van der Waals surface area contributed by atoms with Gasteiger partial charge in [0, 0.05) is 12.1 Å². The van der Waals surface area contributed by atoms with Crippen molar-refractivity contribution in [3.63, 3.8) is 0 Å². The number of aromatic nitrogens is 3. The largest absolute Gasteiger partial charge is 0.480 e. The third-order valence-corrected chi connectivity index (χ3v) is 4.16. The minimum Gasteiger partial charge on any atom is -0.480 e. The highest BCUT2D eigenvalue weighted by Crippen LogP contribution is 2.30. The number of carboxylic acids is 1. The van der Waals surface area contributed by atoms with Gasteiger partial charge in [-0.15, -0.1) is 0 Å². The molecule has 7 heteroatoms. The van der Waals surface area contributed by atoms with E-state index in [0.717, 1.165) is 12.8 Å². The number of nitrogens with one attached hydrogen (secondary N) is 1. The molecule has 2 N–H and O–H groups in total. The number of nitrogens with zero attached hydrogens (tertiary/aromatic N) is 3. The molecular weight excluding hydrogens is 272 g/mol. The number of H-pyrrole nitrogens is 1. The van der Waals surface area contributed by atoms with Crippen molar-refractivity contribution in [3.8, 4) is 0 Å². The number of hydrogen-bond acceptors (Lipinski definition) is 4. The van der Waals surface area contributed by atoms with E-state index in [0.29, 0.717) is 29.6 Å². The van der Waals surface area contributed by atoms with Gasteiger partial charge in [-0.1, -0.05) is 0 Å². The molecule has 0 aliphatic carbocycles. The van der Waals surface area contributed by atoms with Crippen molar-refractivity contribution in [1.82, 2.24) is 20.3 Å². The lowest BCUT2D eigenvalue weighted by Crippen LogP contribution is -2.57. The fourth-order valence-corrected chi connectivity index (χ4v) is 2.80. The average molecular weight is 288 g/mol. The summed E-state index contributed by atoms with van der Waals surface area (Å²) in [6, 6.07) is 5.00. The number of aromatic amines is 1. The summed E-state index contributed by atoms with van der Waals surface area (Å²) in [4.78, 5) is 25.7. The first-order valence-electron chi connectivity index (χ1n) is 6.88. The molecule has 7 nitrogen and oxygen atoms in total. The highest BCUT2D eigenvalue weighted by Gasteiger charge is 2.44. The topological polar surface area (TPSA) is 99.2 Å². The SMILES string of the molecule is CC1(C(=O)O)CCCCN1C(=O)c1ccc2n[nH]nc2c1. The summed E-state index contributed by atoms with van der Waals surface area (Å²) in [5.74, 6) is -1.23. The molecule has 1 saturated heterocycles. The summed E-state index contributed by atoms with van der Waals surface area (Å²) in [7, 11) is 0. The van der Waals surface area contributed by atoms with Gasteiger partial charge in [0.25, 0.3) is 5.91 Å². The zero-order valence-corrected chi connectivity index (χ0v) is 11.7. The Labute approximate surface area is 120 Å². The summed E-state index contributed by atoms with van der Waals surface area (Å²) >= 11 is 0. The van der Waals surface area contributed by atoms with Gasteiger partial charge in [0.15, 0.2) is 0 Å². The molecule has 1 aliphatic rings. The normalized spacial score (nSPS) is 22.4. The number of piperidine rings is 1. The molecule has 0 radical (unpaired) electrons. The van der Waals surface area contributed by atoms with Crippen molar-refractivity contribution in [2.45, 2.75) is 31.7 Å². The lowest BCUT2D eigenvalue weighted by Gasteiger charge is -2.41. The molecule has 0 bridgehead atoms. The van der Waals surface area contributed by atoms with E-state index in [2.05, 4.69) is 15.4 Å². The second kappa shape index (κ2) is 4.83. The molecule has 3 rings (SSSR count). The van der Waals surface area contributed by atoms with Gasteiger partial charge < -0.3 is 10.0 Å². The van der Waals surface area contributed by atoms with Crippen LogP contribution in [0.3, 0.4) is 0 Å². The summed E-state index contributed by atoms with van der Waals surface area (Å²) in [6.07, 6.45) is 2.11. The monoisotopic (exact) mass is 288 g/mol. The van der Waals surface area contributed by atoms with E-state index in [-0.39, 0.29) is 5.91 Å². The van der Waals surface area contributed by atoms with E-state index in [9.17, 15) is 14.7 Å². The number of hydrogen-bond donors (Lipinski definition) is 2. The minimum atomic E-state index is -1.14. The minimum absolute atomic E-state index is 0.274. The van der Waals surface area contributed by atoms with Gasteiger partial charge in [-0.2, -0.15) is 15.4 Å². The Hall–Kier alpha value is -2.44. The van der Waals surface area contributed by atoms with Crippen LogP contribution in [0.25, 0.3) is 11.0 Å². The van der Waals surface area contributed by atoms with Crippen LogP contribution >= 0.6 is 0 Å². The molecule has 1 unspecified atom stereocenters. The third kappa shape index (κ3) is 2.14. The molecule has 1 aliphatic heterocycles. The molecule has 110 valence electrons. The first-order chi connectivity index (χ1) is 10.0. The number of likely N-dealkylation sites (tertiary alicyclic amines) is 1. The summed E-state index contributed by atoms with van der Waals surface area (Å²) in [5, 5.41) is 19.9. The number of amides is 1. The number of fused-ring (bicyclic) bond motifs is 1. The highest BCUT2D eigenvalue weighted by atomic mass is 16.4. The summed E-state index contributed by atoms with van der Waals surface area (Å²) < 4.78 is 0. The van der Waals surface area contributed by atoms with Crippen molar-refractivity contribution in [1.29, 1.82) is 0 Å². The van der Waals surface area contributed by atoms with Crippen molar-refractivity contribution < 1.29 is 14.7 Å². The maximum Gasteiger partial charge on any atom is 0.329 e. The lowest BCUT2D eigenvalue weighted by atomic mass is 9.88. The Morgan fingerprint density at radius 3 is 2.81 bits per heavy atom. The van der Waals surface area contributed by atoms with E-state index in [4.69, 9.17) is 0 Å². The first-order valence-corrected chi connectivity index (χ1v) is 6.88. The van der Waals surface area contributed by atoms with Crippen LogP contribution in [-0.2, 0) is 4.79 Å². The second-order valence-corrected chi connectivity index (χ2v) is 5.52. The smallest absolute Gasteiger partial charge is 0.329 e. The number of carbonyl (C=O) groups excluding carboxylic acids is 1. The predicted octanol–water partition coefficient (Wildman–Crippen LogP) is 1.43. The predicted molar refractivity (Wildman–Crippen MR) is 74.8 cm³/mol. The molecule has 1 amide bonds. The maximum absolute atomic E-state index is 12.7. The fraction of sp³-hybridized carbons (Fsp3) is 0.429. The molecular formula is C14H16N4O3. The first kappa shape index (κ1) is 13.5. The Bertz CT molecular complexity index is 711. The van der Waals surface area contributed by atoms with Gasteiger partial charge in [0.1, 0.15) is 16.6 Å². The molecule has 21 heavy (non-hydrogen) atoms. The van der Waals surface area contributed by atoms with Gasteiger partial charge in [0.05, 0.1) is 0 Å². The van der Waals surface area contributed by atoms with Crippen LogP contribution in [0.15, 0.2) is 18.2 Å². The molecule has 1 fully saturated rings. The number of carbonyl (C=O) groups is 2. The summed E-state index contributed by atoms with van der Waals surface area (Å²) in [6.45, 7) is 2.07. The van der Waals surface area contributed by atoms with E-state index < -0.39 is 11.5 Å². The van der Waals surface area contributed by atoms with Gasteiger partial charge in [-0.05, 0) is 44.4 Å². The van der Waals surface area contributed by atoms with Crippen molar-refractivity contribution in [2.75, 3.05) is 6.54 Å². The van der Waals surface area contributed by atoms with E-state index in [1.807, 2.05) is 0 Å². The van der Waals surface area contributed by atoms with Crippen LogP contribution in [-0.4, -0.2) is 49.4 Å². The Balaban J connectivity index is 1.97. The molecule has 1 aromatic heterocycles. The lowest BCUT2D eigenvalue weighted by molar-refractivity contribution is -0.150. The van der Waals surface area contributed by atoms with E-state index in [1.54, 1.807) is 25.1 Å². The van der Waals surface area contributed by atoms with Gasteiger partial charge in [-0.3, -0.25) is 4.79 Å². The molecule has 2 heterocycles. The highest BCUT2D eigenvalue weighted by molar-refractivity contribution is 6.00. The fourth-order valence-electron chi connectivity index (χ4n) is 2.80. The maximum atomic E-state index is 12.7. The summed E-state index contributed by atoms with van der Waals surface area (Å²) in [5.41, 5.74) is 0.556. The molecule has 2 aromatic rings. The zero-order chi connectivity index (χ0) is 15.0. The van der Waals surface area contributed by atoms with Crippen LogP contribution in [0, 0.1) is 0 Å². The number of aliphatic carboxylic acids is 1. The van der Waals surface area contributed by atoms with Crippen LogP contribution in [0.2, 0.25) is 0 Å². The Kier molecular flexibility index (Phi) is 3.12. The Morgan fingerprint density at radius 2 is 2.05 bits per heavy atom. The van der Waals surface area contributed by atoms with Gasteiger partial charge in [0.2, 0.25) is 0 Å². The van der Waals surface area contributed by atoms with Crippen molar-refractivity contribution in [3.05, 3.63) is 23.8 Å². The van der Waals surface area contributed by atoms with Crippen molar-refractivity contribution >= 4 is 22.9 Å². The zero-order valence-electron chi connectivity index (χ0n) is 11.7. The molecule has 1 aromatic carbocycles. The number of benzene rings is 1. The average Bonchev–Trinajstić information content (AvgIpc) is 2.94. The van der Waals surface area contributed by atoms with Crippen LogP contribution in [0.4, 0.5) is 0 Å². The molecule has 1 atom stereocenters. The molecule has 0 saturated carbocycles. The van der Waals surface area contributed by atoms with Crippen LogP contribution < -0.4 is 0 Å². The molecule has 0 spiro atoms. The van der Waals surface area contributed by atoms with Gasteiger partial charge >= 0.3 is 5.97 Å².